The zero-order chi connectivity index (χ0) is 19.4. The zero-order valence-electron chi connectivity index (χ0n) is 15.9. The summed E-state index contributed by atoms with van der Waals surface area (Å²) in [6, 6.07) is 2.04. The van der Waals surface area contributed by atoms with Crippen molar-refractivity contribution in [2.75, 3.05) is 40.5 Å². The van der Waals surface area contributed by atoms with E-state index in [2.05, 4.69) is 21.8 Å². The van der Waals surface area contributed by atoms with E-state index in [0.29, 0.717) is 37.7 Å². The first-order chi connectivity index (χ1) is 13.0. The van der Waals surface area contributed by atoms with Crippen LogP contribution in [0.5, 0.6) is 0 Å². The zero-order valence-corrected chi connectivity index (χ0v) is 15.9. The minimum Gasteiger partial charge on any atom is -0.382 e. The predicted octanol–water partition coefficient (Wildman–Crippen LogP) is 1.25. The Morgan fingerprint density at radius 2 is 2.07 bits per heavy atom. The Kier molecular flexibility index (Phi) is 5.85. The van der Waals surface area contributed by atoms with Gasteiger partial charge >= 0.3 is 0 Å². The fraction of sp³-hybridized carbons (Fsp3) is 0.579. The molecule has 1 atom stereocenters. The van der Waals surface area contributed by atoms with Gasteiger partial charge < -0.3 is 19.1 Å². The van der Waals surface area contributed by atoms with Gasteiger partial charge in [-0.25, -0.2) is 4.99 Å². The van der Waals surface area contributed by atoms with E-state index in [9.17, 15) is 10.1 Å². The minimum absolute atomic E-state index is 0.0666. The number of hydrogen-bond acceptors (Lipinski definition) is 7. The summed E-state index contributed by atoms with van der Waals surface area (Å²) in [5.74, 6) is -0.523. The van der Waals surface area contributed by atoms with Crippen molar-refractivity contribution >= 4 is 17.8 Å². The van der Waals surface area contributed by atoms with Crippen LogP contribution in [0.25, 0.3) is 0 Å². The van der Waals surface area contributed by atoms with E-state index in [1.165, 1.54) is 0 Å². The summed E-state index contributed by atoms with van der Waals surface area (Å²) in [6.07, 6.45) is 4.48. The molecular formula is C19H24N4O4. The van der Waals surface area contributed by atoms with Crippen LogP contribution >= 0.6 is 0 Å². The van der Waals surface area contributed by atoms with Gasteiger partial charge in [0.25, 0.3) is 5.91 Å². The summed E-state index contributed by atoms with van der Waals surface area (Å²) in [6.45, 7) is 4.31. The summed E-state index contributed by atoms with van der Waals surface area (Å²) in [5, 5.41) is 9.58. The highest BCUT2D eigenvalue weighted by molar-refractivity contribution is 6.43. The van der Waals surface area contributed by atoms with E-state index >= 15 is 0 Å². The number of carbonyl (C=O) groups excluding carboxylic acids is 1. The molecule has 1 amide bonds. The number of dihydropyridines is 2. The van der Waals surface area contributed by atoms with Crippen molar-refractivity contribution in [2.45, 2.75) is 31.6 Å². The molecule has 3 aliphatic heterocycles. The monoisotopic (exact) mass is 372 g/mol. The molecule has 0 aromatic heterocycles. The molecule has 0 spiro atoms. The molecule has 1 fully saturated rings. The van der Waals surface area contributed by atoms with E-state index in [1.807, 2.05) is 12.1 Å². The number of aliphatic imine (C=N–C) groups is 2. The first kappa shape index (κ1) is 19.4. The lowest BCUT2D eigenvalue weighted by Crippen LogP contribution is -2.45. The van der Waals surface area contributed by atoms with Crippen LogP contribution in [0.4, 0.5) is 0 Å². The first-order valence-electron chi connectivity index (χ1n) is 8.95. The molecule has 3 heterocycles. The number of methoxy groups -OCH3 is 2. The number of nitrogens with zero attached hydrogens (tertiary/aromatic N) is 4. The lowest BCUT2D eigenvalue weighted by molar-refractivity contribution is -0.114. The number of piperidine rings is 1. The van der Waals surface area contributed by atoms with Gasteiger partial charge in [0.15, 0.2) is 6.23 Å². The Labute approximate surface area is 158 Å². The van der Waals surface area contributed by atoms with E-state index in [-0.39, 0.29) is 11.2 Å². The molecule has 3 rings (SSSR count). The van der Waals surface area contributed by atoms with Gasteiger partial charge in [-0.2, -0.15) is 5.26 Å². The van der Waals surface area contributed by atoms with Crippen molar-refractivity contribution in [1.82, 2.24) is 4.90 Å². The maximum Gasteiger partial charge on any atom is 0.290 e. The van der Waals surface area contributed by atoms with Gasteiger partial charge in [0.05, 0.1) is 36.4 Å². The van der Waals surface area contributed by atoms with Crippen LogP contribution in [0, 0.1) is 11.3 Å². The molecule has 0 N–H and O–H groups in total. The van der Waals surface area contributed by atoms with Crippen molar-refractivity contribution in [2.24, 2.45) is 9.98 Å². The van der Waals surface area contributed by atoms with Crippen LogP contribution in [0.3, 0.4) is 0 Å². The Bertz CT molecular complexity index is 767. The van der Waals surface area contributed by atoms with Crippen molar-refractivity contribution in [3.63, 3.8) is 0 Å². The Balaban J connectivity index is 1.89. The summed E-state index contributed by atoms with van der Waals surface area (Å²) in [4.78, 5) is 22.7. The van der Waals surface area contributed by atoms with Gasteiger partial charge in [0, 0.05) is 32.9 Å². The number of allylic oxidation sites excluding steroid dienone is 1. The standard InChI is InChI=1S/C19H24N4O4/c1-19(26-3)4-6-23(7-5-19)17-13-10-16(27-9-8-25-2)21-12-15(13)22-18(24)14(17)11-20/h10,12,16H,4-9H2,1-3H3. The predicted molar refractivity (Wildman–Crippen MR) is 99.5 cm³/mol. The number of amides is 1. The van der Waals surface area contributed by atoms with E-state index in [1.54, 1.807) is 20.4 Å². The first-order valence-corrected chi connectivity index (χ1v) is 8.95. The third-order valence-corrected chi connectivity index (χ3v) is 5.17. The Morgan fingerprint density at radius 3 is 2.70 bits per heavy atom. The molecular weight excluding hydrogens is 348 g/mol. The molecule has 8 nitrogen and oxygen atoms in total. The van der Waals surface area contributed by atoms with Gasteiger partial charge in [-0.05, 0) is 25.8 Å². The normalized spacial score (nSPS) is 24.3. The highest BCUT2D eigenvalue weighted by Crippen LogP contribution is 2.33. The fourth-order valence-corrected chi connectivity index (χ4v) is 3.36. The van der Waals surface area contributed by atoms with Gasteiger partial charge in [0.2, 0.25) is 0 Å². The van der Waals surface area contributed by atoms with E-state index in [4.69, 9.17) is 14.2 Å². The molecule has 0 aromatic carbocycles. The molecule has 0 aromatic rings. The molecule has 0 radical (unpaired) electrons. The number of ether oxygens (including phenoxy) is 3. The molecule has 3 aliphatic rings. The second-order valence-electron chi connectivity index (χ2n) is 6.89. The van der Waals surface area contributed by atoms with E-state index < -0.39 is 12.1 Å². The second-order valence-corrected chi connectivity index (χ2v) is 6.89. The molecule has 144 valence electrons. The number of likely N-dealkylation sites (tertiary alicyclic amines) is 1. The maximum absolute atomic E-state index is 12.4. The van der Waals surface area contributed by atoms with Crippen LogP contribution in [0.2, 0.25) is 0 Å². The SMILES string of the molecule is COCCOC1C=C2C(=NC(=O)C(C#N)=C2N2CCC(C)(OC)CC2)C=N1. The van der Waals surface area contributed by atoms with Crippen LogP contribution in [0.1, 0.15) is 19.8 Å². The highest BCUT2D eigenvalue weighted by Gasteiger charge is 2.37. The molecule has 1 unspecified atom stereocenters. The van der Waals surface area contributed by atoms with Gasteiger partial charge in [-0.3, -0.25) is 9.79 Å². The van der Waals surface area contributed by atoms with Crippen molar-refractivity contribution < 1.29 is 19.0 Å². The van der Waals surface area contributed by atoms with Crippen LogP contribution in [-0.2, 0) is 19.0 Å². The lowest BCUT2D eigenvalue weighted by Gasteiger charge is -2.41. The summed E-state index contributed by atoms with van der Waals surface area (Å²) in [5.41, 5.74) is 1.70. The largest absolute Gasteiger partial charge is 0.382 e. The molecule has 1 saturated heterocycles. The second kappa shape index (κ2) is 8.13. The van der Waals surface area contributed by atoms with Gasteiger partial charge in [-0.1, -0.05) is 0 Å². The maximum atomic E-state index is 12.4. The van der Waals surface area contributed by atoms with Crippen molar-refractivity contribution in [1.29, 1.82) is 5.26 Å². The number of rotatable bonds is 6. The molecule has 0 saturated carbocycles. The Hall–Kier alpha value is -2.34. The molecule has 8 heteroatoms. The third kappa shape index (κ3) is 4.00. The number of hydrogen-bond donors (Lipinski definition) is 0. The third-order valence-electron chi connectivity index (χ3n) is 5.17. The summed E-state index contributed by atoms with van der Waals surface area (Å²) < 4.78 is 16.3. The van der Waals surface area contributed by atoms with Crippen LogP contribution < -0.4 is 0 Å². The number of carbonyl (C=O) groups is 1. The average Bonchev–Trinajstić information content (AvgIpc) is 2.68. The van der Waals surface area contributed by atoms with Crippen LogP contribution in [-0.4, -0.2) is 75.1 Å². The Morgan fingerprint density at radius 1 is 1.33 bits per heavy atom. The fourth-order valence-electron chi connectivity index (χ4n) is 3.36. The molecule has 0 aliphatic carbocycles. The van der Waals surface area contributed by atoms with Crippen molar-refractivity contribution in [3.05, 3.63) is 22.9 Å². The number of fused-ring (bicyclic) bond motifs is 1. The summed E-state index contributed by atoms with van der Waals surface area (Å²) >= 11 is 0. The molecule has 0 bridgehead atoms. The lowest BCUT2D eigenvalue weighted by atomic mass is 9.89. The smallest absolute Gasteiger partial charge is 0.290 e. The van der Waals surface area contributed by atoms with E-state index in [0.717, 1.165) is 18.4 Å². The summed E-state index contributed by atoms with van der Waals surface area (Å²) in [7, 11) is 3.32. The van der Waals surface area contributed by atoms with Crippen LogP contribution in [0.15, 0.2) is 32.9 Å². The topological polar surface area (TPSA) is 96.5 Å². The van der Waals surface area contributed by atoms with Gasteiger partial charge in [0.1, 0.15) is 11.6 Å². The molecule has 27 heavy (non-hydrogen) atoms. The average molecular weight is 372 g/mol. The highest BCUT2D eigenvalue weighted by atomic mass is 16.5. The minimum atomic E-state index is -0.523. The van der Waals surface area contributed by atoms with Crippen molar-refractivity contribution in [3.8, 4) is 6.07 Å². The number of nitriles is 1. The quantitative estimate of drug-likeness (QED) is 0.651. The van der Waals surface area contributed by atoms with Gasteiger partial charge in [-0.15, -0.1) is 0 Å².